The summed E-state index contributed by atoms with van der Waals surface area (Å²) in [6.07, 6.45) is 3.99. The van der Waals surface area contributed by atoms with Crippen LogP contribution in [0.2, 0.25) is 0 Å². The number of benzene rings is 2. The molecule has 0 saturated heterocycles. The van der Waals surface area contributed by atoms with E-state index in [0.717, 1.165) is 35.1 Å². The van der Waals surface area contributed by atoms with Crippen LogP contribution in [0.15, 0.2) is 54.7 Å². The Balaban J connectivity index is 2.05. The van der Waals surface area contributed by atoms with Crippen LogP contribution in [0.4, 0.5) is 17.1 Å². The van der Waals surface area contributed by atoms with Crippen LogP contribution in [-0.4, -0.2) is 4.98 Å². The zero-order valence-corrected chi connectivity index (χ0v) is 12.1. The van der Waals surface area contributed by atoms with Gasteiger partial charge in [0.2, 0.25) is 0 Å². The van der Waals surface area contributed by atoms with Crippen molar-refractivity contribution in [2.45, 2.75) is 19.8 Å². The summed E-state index contributed by atoms with van der Waals surface area (Å²) in [4.78, 5) is 4.38. The lowest BCUT2D eigenvalue weighted by atomic mass is 10.1. The number of fused-ring (bicyclic) bond motifs is 1. The topological polar surface area (TPSA) is 50.9 Å². The van der Waals surface area contributed by atoms with Crippen molar-refractivity contribution in [2.24, 2.45) is 0 Å². The van der Waals surface area contributed by atoms with Crippen LogP contribution < -0.4 is 11.1 Å². The number of anilines is 3. The fourth-order valence-corrected chi connectivity index (χ4v) is 2.58. The minimum absolute atomic E-state index is 0.706. The molecule has 0 aliphatic carbocycles. The maximum atomic E-state index is 6.01. The van der Waals surface area contributed by atoms with Crippen molar-refractivity contribution in [3.8, 4) is 0 Å². The highest BCUT2D eigenvalue weighted by atomic mass is 14.9. The second-order valence-electron chi connectivity index (χ2n) is 5.13. The maximum absolute atomic E-state index is 6.01. The number of rotatable bonds is 4. The number of hydrogen-bond acceptors (Lipinski definition) is 3. The van der Waals surface area contributed by atoms with Gasteiger partial charge in [-0.1, -0.05) is 43.7 Å². The lowest BCUT2D eigenvalue weighted by Crippen LogP contribution is -1.98. The fraction of sp³-hybridized carbons (Fsp3) is 0.167. The summed E-state index contributed by atoms with van der Waals surface area (Å²) < 4.78 is 0. The average molecular weight is 277 g/mol. The molecule has 0 aliphatic rings. The van der Waals surface area contributed by atoms with E-state index in [1.807, 2.05) is 24.3 Å². The number of nitrogens with one attached hydrogen (secondary N) is 1. The smallest absolute Gasteiger partial charge is 0.0951 e. The molecule has 106 valence electrons. The third kappa shape index (κ3) is 2.68. The fourth-order valence-electron chi connectivity index (χ4n) is 2.58. The monoisotopic (exact) mass is 277 g/mol. The predicted molar refractivity (Wildman–Crippen MR) is 89.9 cm³/mol. The van der Waals surface area contributed by atoms with E-state index in [2.05, 4.69) is 41.5 Å². The van der Waals surface area contributed by atoms with Gasteiger partial charge in [-0.15, -0.1) is 0 Å². The normalized spacial score (nSPS) is 10.7. The number of aryl methyl sites for hydroxylation is 1. The lowest BCUT2D eigenvalue weighted by molar-refractivity contribution is 0.923. The van der Waals surface area contributed by atoms with Crippen LogP contribution >= 0.6 is 0 Å². The number of para-hydroxylation sites is 2. The molecule has 1 heterocycles. The van der Waals surface area contributed by atoms with Crippen LogP contribution in [0.1, 0.15) is 18.9 Å². The van der Waals surface area contributed by atoms with Crippen molar-refractivity contribution in [3.63, 3.8) is 0 Å². The predicted octanol–water partition coefficient (Wildman–Crippen LogP) is 4.51. The number of nitrogens with zero attached hydrogens (tertiary/aromatic N) is 1. The van der Waals surface area contributed by atoms with Crippen LogP contribution in [0.5, 0.6) is 0 Å². The van der Waals surface area contributed by atoms with E-state index >= 15 is 0 Å². The van der Waals surface area contributed by atoms with Crippen molar-refractivity contribution in [2.75, 3.05) is 11.1 Å². The molecular formula is C18H19N3. The molecule has 0 atom stereocenters. The van der Waals surface area contributed by atoms with E-state index in [1.165, 1.54) is 5.56 Å². The molecule has 0 amide bonds. The third-order valence-electron chi connectivity index (χ3n) is 3.61. The first-order valence-electron chi connectivity index (χ1n) is 7.27. The van der Waals surface area contributed by atoms with Crippen LogP contribution in [0.25, 0.3) is 10.9 Å². The Morgan fingerprint density at radius 3 is 2.71 bits per heavy atom. The summed E-state index contributed by atoms with van der Waals surface area (Å²) in [6.45, 7) is 2.19. The van der Waals surface area contributed by atoms with Gasteiger partial charge in [0, 0.05) is 23.0 Å². The molecule has 0 bridgehead atoms. The molecule has 0 aliphatic heterocycles. The Morgan fingerprint density at radius 2 is 1.86 bits per heavy atom. The largest absolute Gasteiger partial charge is 0.397 e. The van der Waals surface area contributed by atoms with E-state index < -0.39 is 0 Å². The van der Waals surface area contributed by atoms with Crippen molar-refractivity contribution < 1.29 is 0 Å². The SMILES string of the molecule is CCCc1ccccc1Nc1ccnc2c(N)cccc12. The number of hydrogen-bond donors (Lipinski definition) is 2. The second-order valence-corrected chi connectivity index (χ2v) is 5.13. The van der Waals surface area contributed by atoms with Gasteiger partial charge in [-0.25, -0.2) is 0 Å². The average Bonchev–Trinajstić information content (AvgIpc) is 2.51. The molecule has 21 heavy (non-hydrogen) atoms. The molecule has 1 aromatic heterocycles. The maximum Gasteiger partial charge on any atom is 0.0951 e. The minimum atomic E-state index is 0.706. The molecule has 3 heteroatoms. The highest BCUT2D eigenvalue weighted by Gasteiger charge is 2.06. The molecule has 3 aromatic rings. The van der Waals surface area contributed by atoms with Gasteiger partial charge in [-0.2, -0.15) is 0 Å². The zero-order chi connectivity index (χ0) is 14.7. The van der Waals surface area contributed by atoms with Crippen molar-refractivity contribution in [1.29, 1.82) is 0 Å². The Bertz CT molecular complexity index is 765. The van der Waals surface area contributed by atoms with Gasteiger partial charge in [0.1, 0.15) is 0 Å². The van der Waals surface area contributed by atoms with Gasteiger partial charge in [-0.05, 0) is 30.2 Å². The van der Waals surface area contributed by atoms with Crippen molar-refractivity contribution in [3.05, 3.63) is 60.3 Å². The van der Waals surface area contributed by atoms with E-state index in [-0.39, 0.29) is 0 Å². The van der Waals surface area contributed by atoms with Gasteiger partial charge in [0.25, 0.3) is 0 Å². The molecule has 0 unspecified atom stereocenters. The van der Waals surface area contributed by atoms with E-state index in [0.29, 0.717) is 5.69 Å². The van der Waals surface area contributed by atoms with Crippen molar-refractivity contribution in [1.82, 2.24) is 4.98 Å². The molecule has 0 spiro atoms. The van der Waals surface area contributed by atoms with E-state index in [1.54, 1.807) is 6.20 Å². The van der Waals surface area contributed by atoms with Gasteiger partial charge >= 0.3 is 0 Å². The molecule has 3 rings (SSSR count). The summed E-state index contributed by atoms with van der Waals surface area (Å²) in [5.41, 5.74) is 11.1. The van der Waals surface area contributed by atoms with E-state index in [9.17, 15) is 0 Å². The summed E-state index contributed by atoms with van der Waals surface area (Å²) in [7, 11) is 0. The highest BCUT2D eigenvalue weighted by Crippen LogP contribution is 2.29. The molecule has 0 radical (unpaired) electrons. The number of nitrogen functional groups attached to an aromatic ring is 1. The van der Waals surface area contributed by atoms with Crippen molar-refractivity contribution >= 4 is 28.0 Å². The Kier molecular flexibility index (Phi) is 3.73. The van der Waals surface area contributed by atoms with Crippen LogP contribution in [0.3, 0.4) is 0 Å². The molecule has 3 nitrogen and oxygen atoms in total. The minimum Gasteiger partial charge on any atom is -0.397 e. The standard InChI is InChI=1S/C18H19N3/c1-2-6-13-7-3-4-10-16(13)21-17-11-12-20-18-14(17)8-5-9-15(18)19/h3-5,7-12H,2,6,19H2,1H3,(H,20,21). The van der Waals surface area contributed by atoms with Gasteiger partial charge in [-0.3, -0.25) is 4.98 Å². The van der Waals surface area contributed by atoms with E-state index in [4.69, 9.17) is 5.73 Å². The third-order valence-corrected chi connectivity index (χ3v) is 3.61. The Labute approximate surface area is 124 Å². The van der Waals surface area contributed by atoms with Gasteiger partial charge in [0.05, 0.1) is 11.2 Å². The second kappa shape index (κ2) is 5.83. The summed E-state index contributed by atoms with van der Waals surface area (Å²) in [6, 6.07) is 16.3. The van der Waals surface area contributed by atoms with Crippen LogP contribution in [0, 0.1) is 0 Å². The number of pyridine rings is 1. The first-order chi connectivity index (χ1) is 10.3. The molecule has 0 saturated carbocycles. The summed E-state index contributed by atoms with van der Waals surface area (Å²) >= 11 is 0. The number of nitrogens with two attached hydrogens (primary N) is 1. The van der Waals surface area contributed by atoms with Gasteiger partial charge in [0.15, 0.2) is 0 Å². The Hall–Kier alpha value is -2.55. The lowest BCUT2D eigenvalue weighted by Gasteiger charge is -2.13. The highest BCUT2D eigenvalue weighted by molar-refractivity contribution is 5.98. The summed E-state index contributed by atoms with van der Waals surface area (Å²) in [5.74, 6) is 0. The summed E-state index contributed by atoms with van der Waals surface area (Å²) in [5, 5.41) is 4.58. The molecule has 3 N–H and O–H groups in total. The molecular weight excluding hydrogens is 258 g/mol. The number of aromatic nitrogens is 1. The quantitative estimate of drug-likeness (QED) is 0.690. The molecule has 0 fully saturated rings. The first kappa shape index (κ1) is 13.4. The Morgan fingerprint density at radius 1 is 1.00 bits per heavy atom. The van der Waals surface area contributed by atoms with Gasteiger partial charge < -0.3 is 11.1 Å². The molecule has 2 aromatic carbocycles. The zero-order valence-electron chi connectivity index (χ0n) is 12.1. The van der Waals surface area contributed by atoms with Crippen LogP contribution in [-0.2, 0) is 6.42 Å². The first-order valence-corrected chi connectivity index (χ1v) is 7.27.